The summed E-state index contributed by atoms with van der Waals surface area (Å²) in [5, 5.41) is 13.9. The summed E-state index contributed by atoms with van der Waals surface area (Å²) in [6.45, 7) is 1.70. The summed E-state index contributed by atoms with van der Waals surface area (Å²) in [4.78, 5) is 33.2. The van der Waals surface area contributed by atoms with E-state index in [4.69, 9.17) is 4.98 Å². The Morgan fingerprint density at radius 2 is 1.81 bits per heavy atom. The minimum absolute atomic E-state index is 0.00259. The minimum atomic E-state index is -4.56. The van der Waals surface area contributed by atoms with Crippen molar-refractivity contribution in [1.82, 2.24) is 34.7 Å². The van der Waals surface area contributed by atoms with E-state index in [1.807, 2.05) is 18.5 Å². The highest BCUT2D eigenvalue weighted by molar-refractivity contribution is 5.80. The van der Waals surface area contributed by atoms with Crippen molar-refractivity contribution < 1.29 is 13.2 Å². The number of aromatic nitrogens is 7. The fourth-order valence-electron chi connectivity index (χ4n) is 4.85. The van der Waals surface area contributed by atoms with Gasteiger partial charge in [-0.05, 0) is 55.7 Å². The van der Waals surface area contributed by atoms with E-state index in [0.717, 1.165) is 30.7 Å². The predicted molar refractivity (Wildman–Crippen MR) is 125 cm³/mol. The van der Waals surface area contributed by atoms with Crippen molar-refractivity contribution in [2.75, 3.05) is 0 Å². The van der Waals surface area contributed by atoms with Crippen molar-refractivity contribution in [1.29, 1.82) is 5.26 Å². The quantitative estimate of drug-likeness (QED) is 0.427. The molecule has 37 heavy (non-hydrogen) atoms. The van der Waals surface area contributed by atoms with E-state index in [9.17, 15) is 23.2 Å². The maximum Gasteiger partial charge on any atom is 0.433 e. The van der Waals surface area contributed by atoms with Crippen LogP contribution in [-0.2, 0) is 6.18 Å². The van der Waals surface area contributed by atoms with E-state index in [-0.39, 0.29) is 28.6 Å². The van der Waals surface area contributed by atoms with Gasteiger partial charge in [-0.1, -0.05) is 6.07 Å². The summed E-state index contributed by atoms with van der Waals surface area (Å²) in [5.41, 5.74) is 0.163. The lowest BCUT2D eigenvalue weighted by Gasteiger charge is -2.34. The zero-order valence-electron chi connectivity index (χ0n) is 19.7. The normalized spacial score (nSPS) is 20.4. The molecule has 0 aliphatic heterocycles. The van der Waals surface area contributed by atoms with Crippen molar-refractivity contribution in [2.24, 2.45) is 0 Å². The number of aromatic amines is 1. The van der Waals surface area contributed by atoms with Crippen LogP contribution in [0.5, 0.6) is 0 Å². The van der Waals surface area contributed by atoms with Crippen LogP contribution in [0, 0.1) is 11.3 Å². The van der Waals surface area contributed by atoms with E-state index in [0.29, 0.717) is 23.1 Å². The molecule has 2 aliphatic carbocycles. The third kappa shape index (κ3) is 4.04. The van der Waals surface area contributed by atoms with Crippen LogP contribution in [0.15, 0.2) is 35.5 Å². The maximum absolute atomic E-state index is 13.1. The first-order valence-electron chi connectivity index (χ1n) is 12.0. The molecule has 0 aromatic carbocycles. The Bertz CT molecular complexity index is 1580. The molecule has 188 valence electrons. The first-order chi connectivity index (χ1) is 17.7. The first kappa shape index (κ1) is 23.3. The lowest BCUT2D eigenvalue weighted by atomic mass is 9.72. The number of rotatable bonds is 5. The van der Waals surface area contributed by atoms with Gasteiger partial charge in [0, 0.05) is 30.4 Å². The topological polar surface area (TPSA) is 126 Å². The summed E-state index contributed by atoms with van der Waals surface area (Å²) in [6.07, 6.45) is 4.28. The molecule has 4 aromatic heterocycles. The highest BCUT2D eigenvalue weighted by Gasteiger charge is 2.38. The van der Waals surface area contributed by atoms with Gasteiger partial charge in [0.05, 0.1) is 6.04 Å². The van der Waals surface area contributed by atoms with E-state index in [2.05, 4.69) is 25.0 Å². The monoisotopic (exact) mass is 506 g/mol. The molecule has 9 nitrogen and oxygen atoms in total. The van der Waals surface area contributed by atoms with Crippen molar-refractivity contribution in [2.45, 2.75) is 62.6 Å². The molecule has 4 aromatic rings. The van der Waals surface area contributed by atoms with E-state index < -0.39 is 23.5 Å². The average Bonchev–Trinajstić information content (AvgIpc) is 3.63. The van der Waals surface area contributed by atoms with Crippen molar-refractivity contribution in [3.8, 4) is 6.07 Å². The van der Waals surface area contributed by atoms with Crippen LogP contribution in [0.25, 0.3) is 11.0 Å². The first-order valence-corrected chi connectivity index (χ1v) is 12.0. The van der Waals surface area contributed by atoms with Crippen LogP contribution in [0.2, 0.25) is 0 Å². The number of alkyl halides is 3. The zero-order chi connectivity index (χ0) is 25.9. The molecule has 2 aliphatic rings. The number of fused-ring (bicyclic) bond motifs is 1. The Balaban J connectivity index is 1.36. The summed E-state index contributed by atoms with van der Waals surface area (Å²) < 4.78 is 40.2. The Labute approximate surface area is 208 Å². The number of hydrogen-bond acceptors (Lipinski definition) is 7. The van der Waals surface area contributed by atoms with Crippen LogP contribution in [0.4, 0.5) is 13.2 Å². The Kier molecular flexibility index (Phi) is 5.33. The molecule has 1 N–H and O–H groups in total. The molecule has 6 rings (SSSR count). The van der Waals surface area contributed by atoms with Crippen molar-refractivity contribution in [3.05, 3.63) is 75.2 Å². The van der Waals surface area contributed by atoms with Gasteiger partial charge in [-0.3, -0.25) is 9.78 Å². The van der Waals surface area contributed by atoms with Crippen LogP contribution in [0.3, 0.4) is 0 Å². The minimum Gasteiger partial charge on any atom is -0.310 e. The third-order valence-electron chi connectivity index (χ3n) is 7.31. The molecule has 0 radical (unpaired) electrons. The molecular formula is C25H21F3N8O. The summed E-state index contributed by atoms with van der Waals surface area (Å²) in [6, 6.07) is 3.49. The molecule has 12 heteroatoms. The second kappa shape index (κ2) is 8.47. The Morgan fingerprint density at radius 1 is 1.08 bits per heavy atom. The summed E-state index contributed by atoms with van der Waals surface area (Å²) in [5.74, 6) is 1.60. The summed E-state index contributed by atoms with van der Waals surface area (Å²) >= 11 is 0. The standard InChI is InChI=1S/C25H21F3N8O/c1-12(14-4-7-19(30-9-14)25(26,27)28)36-23-20(18(8-29)35-36)24(37)34-22(33-23)17-6-5-16(17)21-31-10-15(11-32-21)13-2-3-13/h4,7,9-13,16-17H,2-3,5-6H2,1H3,(H,33,34,37)/t12?,16-,17-/m1/s1. The van der Waals surface area contributed by atoms with Gasteiger partial charge in [-0.15, -0.1) is 0 Å². The van der Waals surface area contributed by atoms with Crippen molar-refractivity contribution in [3.63, 3.8) is 0 Å². The van der Waals surface area contributed by atoms with Gasteiger partial charge in [0.1, 0.15) is 28.8 Å². The number of nitrogens with zero attached hydrogens (tertiary/aromatic N) is 7. The molecular weight excluding hydrogens is 485 g/mol. The Morgan fingerprint density at radius 3 is 2.38 bits per heavy atom. The molecule has 0 saturated heterocycles. The van der Waals surface area contributed by atoms with Gasteiger partial charge in [-0.2, -0.15) is 23.5 Å². The smallest absolute Gasteiger partial charge is 0.310 e. The number of hydrogen-bond donors (Lipinski definition) is 1. The molecule has 0 bridgehead atoms. The maximum atomic E-state index is 13.1. The Hall–Kier alpha value is -4.14. The lowest BCUT2D eigenvalue weighted by Crippen LogP contribution is -2.28. The zero-order valence-corrected chi connectivity index (χ0v) is 19.7. The van der Waals surface area contributed by atoms with Gasteiger partial charge in [0.2, 0.25) is 0 Å². The van der Waals surface area contributed by atoms with Crippen LogP contribution >= 0.6 is 0 Å². The molecule has 0 amide bonds. The number of nitrogens with one attached hydrogen (secondary N) is 1. The van der Waals surface area contributed by atoms with Crippen LogP contribution in [-0.4, -0.2) is 34.7 Å². The van der Waals surface area contributed by atoms with Gasteiger partial charge >= 0.3 is 6.18 Å². The average molecular weight is 506 g/mol. The summed E-state index contributed by atoms with van der Waals surface area (Å²) in [7, 11) is 0. The molecule has 0 spiro atoms. The second-order valence-corrected chi connectivity index (χ2v) is 9.64. The molecule has 4 heterocycles. The third-order valence-corrected chi connectivity index (χ3v) is 7.31. The SMILES string of the molecule is CC(c1ccc(C(F)(F)F)nc1)n1nc(C#N)c2c(=O)[nH]c([C@@H]3CC[C@H]3c3ncc(C4CC4)cn3)nc21. The number of H-pyrrole nitrogens is 1. The number of halogens is 3. The second-order valence-electron chi connectivity index (χ2n) is 9.64. The van der Waals surface area contributed by atoms with Gasteiger partial charge in [0.25, 0.3) is 5.56 Å². The van der Waals surface area contributed by atoms with Gasteiger partial charge < -0.3 is 4.98 Å². The number of pyridine rings is 1. The van der Waals surface area contributed by atoms with Crippen LogP contribution in [0.1, 0.15) is 90.6 Å². The highest BCUT2D eigenvalue weighted by atomic mass is 19.4. The molecule has 2 saturated carbocycles. The van der Waals surface area contributed by atoms with E-state index in [1.165, 1.54) is 23.6 Å². The van der Waals surface area contributed by atoms with E-state index in [1.54, 1.807) is 6.92 Å². The van der Waals surface area contributed by atoms with Gasteiger partial charge in [-0.25, -0.2) is 19.6 Å². The fourth-order valence-corrected chi connectivity index (χ4v) is 4.85. The predicted octanol–water partition coefficient (Wildman–Crippen LogP) is 4.34. The molecule has 2 fully saturated rings. The van der Waals surface area contributed by atoms with Gasteiger partial charge in [0.15, 0.2) is 11.3 Å². The molecule has 1 unspecified atom stereocenters. The fraction of sp³-hybridized carbons (Fsp3) is 0.400. The highest BCUT2D eigenvalue weighted by Crippen LogP contribution is 2.47. The largest absolute Gasteiger partial charge is 0.433 e. The lowest BCUT2D eigenvalue weighted by molar-refractivity contribution is -0.141. The van der Waals surface area contributed by atoms with E-state index >= 15 is 0 Å². The number of nitriles is 1. The molecule has 3 atom stereocenters. The van der Waals surface area contributed by atoms with Crippen LogP contribution < -0.4 is 5.56 Å². The van der Waals surface area contributed by atoms with Crippen molar-refractivity contribution >= 4 is 11.0 Å².